The van der Waals surface area contributed by atoms with Gasteiger partial charge in [-0.1, -0.05) is 12.1 Å². The zero-order valence-corrected chi connectivity index (χ0v) is 14.6. The Bertz CT molecular complexity index is 753. The Hall–Kier alpha value is -2.15. The Morgan fingerprint density at radius 3 is 2.96 bits per heavy atom. The number of aromatic nitrogens is 2. The van der Waals surface area contributed by atoms with Crippen LogP contribution in [-0.4, -0.2) is 39.5 Å². The third-order valence-electron chi connectivity index (χ3n) is 4.19. The van der Waals surface area contributed by atoms with Crippen LogP contribution in [0.4, 0.5) is 11.5 Å². The molecule has 0 N–H and O–H groups in total. The van der Waals surface area contributed by atoms with Crippen LogP contribution in [0.25, 0.3) is 11.4 Å². The first-order valence-corrected chi connectivity index (χ1v) is 9.34. The number of nitro benzene ring substituents is 1. The van der Waals surface area contributed by atoms with Gasteiger partial charge in [0.05, 0.1) is 4.92 Å². The summed E-state index contributed by atoms with van der Waals surface area (Å²) < 4.78 is 0. The number of nitrogens with zero attached hydrogens (tertiary/aromatic N) is 4. The topological polar surface area (TPSA) is 72.2 Å². The molecule has 1 aliphatic heterocycles. The summed E-state index contributed by atoms with van der Waals surface area (Å²) in [5.41, 5.74) is 1.60. The molecule has 1 aromatic carbocycles. The first-order valence-electron chi connectivity index (χ1n) is 7.94. The summed E-state index contributed by atoms with van der Waals surface area (Å²) in [6, 6.07) is 8.99. The van der Waals surface area contributed by atoms with Crippen molar-refractivity contribution < 1.29 is 4.92 Å². The Balaban J connectivity index is 1.97. The van der Waals surface area contributed by atoms with Crippen molar-refractivity contribution in [3.63, 3.8) is 0 Å². The first-order chi connectivity index (χ1) is 11.6. The maximum atomic E-state index is 11.0. The Morgan fingerprint density at radius 2 is 2.21 bits per heavy atom. The van der Waals surface area contributed by atoms with Gasteiger partial charge >= 0.3 is 0 Å². The summed E-state index contributed by atoms with van der Waals surface area (Å²) in [7, 11) is 0. The highest BCUT2D eigenvalue weighted by atomic mass is 32.2. The minimum atomic E-state index is -0.394. The zero-order valence-electron chi connectivity index (χ0n) is 13.8. The number of anilines is 1. The Morgan fingerprint density at radius 1 is 1.38 bits per heavy atom. The third-order valence-corrected chi connectivity index (χ3v) is 4.90. The van der Waals surface area contributed by atoms with Gasteiger partial charge in [0.2, 0.25) is 0 Å². The predicted molar refractivity (Wildman–Crippen MR) is 97.6 cm³/mol. The molecule has 2 heterocycles. The second-order valence-corrected chi connectivity index (χ2v) is 6.85. The molecule has 24 heavy (non-hydrogen) atoms. The molecule has 126 valence electrons. The lowest BCUT2D eigenvalue weighted by atomic mass is 10.2. The van der Waals surface area contributed by atoms with Gasteiger partial charge in [0.15, 0.2) is 5.82 Å². The molecule has 1 saturated heterocycles. The molecule has 1 atom stereocenters. The number of non-ortho nitro benzene ring substituents is 1. The van der Waals surface area contributed by atoms with Crippen LogP contribution in [0.2, 0.25) is 0 Å². The van der Waals surface area contributed by atoms with Crippen molar-refractivity contribution in [1.82, 2.24) is 9.97 Å². The number of nitro groups is 1. The molecule has 7 heteroatoms. The van der Waals surface area contributed by atoms with E-state index in [0.29, 0.717) is 17.4 Å². The monoisotopic (exact) mass is 344 g/mol. The van der Waals surface area contributed by atoms with Crippen LogP contribution in [0.1, 0.15) is 18.5 Å². The number of aryl methyl sites for hydroxylation is 1. The highest BCUT2D eigenvalue weighted by Gasteiger charge is 2.26. The molecule has 6 nitrogen and oxygen atoms in total. The quantitative estimate of drug-likeness (QED) is 0.608. The second-order valence-electron chi connectivity index (χ2n) is 5.94. The van der Waals surface area contributed by atoms with Gasteiger partial charge in [-0.05, 0) is 26.0 Å². The Kier molecular flexibility index (Phi) is 4.99. The molecule has 0 spiro atoms. The molecular weight excluding hydrogens is 324 g/mol. The van der Waals surface area contributed by atoms with Crippen LogP contribution >= 0.6 is 11.8 Å². The average molecular weight is 344 g/mol. The van der Waals surface area contributed by atoms with Crippen LogP contribution in [0.15, 0.2) is 30.3 Å². The van der Waals surface area contributed by atoms with Crippen LogP contribution in [0, 0.1) is 17.0 Å². The summed E-state index contributed by atoms with van der Waals surface area (Å²) in [5, 5.41) is 11.0. The average Bonchev–Trinajstić information content (AvgIpc) is 3.03. The van der Waals surface area contributed by atoms with E-state index in [2.05, 4.69) is 16.1 Å². The SMILES string of the molecule is CSCC1CCCN1c1cc(C)nc(-c2cccc([N+](=O)[O-])c2)n1. The summed E-state index contributed by atoms with van der Waals surface area (Å²) in [6.07, 6.45) is 4.46. The van der Waals surface area contributed by atoms with E-state index in [4.69, 9.17) is 4.98 Å². The largest absolute Gasteiger partial charge is 0.353 e. The molecule has 3 rings (SSSR count). The van der Waals surface area contributed by atoms with Crippen molar-refractivity contribution in [2.24, 2.45) is 0 Å². The molecule has 1 aliphatic rings. The molecule has 1 aromatic heterocycles. The fourth-order valence-electron chi connectivity index (χ4n) is 3.09. The second kappa shape index (κ2) is 7.17. The summed E-state index contributed by atoms with van der Waals surface area (Å²) >= 11 is 1.85. The van der Waals surface area contributed by atoms with Gasteiger partial charge in [0, 0.05) is 47.8 Å². The zero-order chi connectivity index (χ0) is 17.1. The number of hydrogen-bond donors (Lipinski definition) is 0. The highest BCUT2D eigenvalue weighted by Crippen LogP contribution is 2.29. The molecule has 0 amide bonds. The van der Waals surface area contributed by atoms with Crippen LogP contribution in [-0.2, 0) is 0 Å². The summed E-state index contributed by atoms with van der Waals surface area (Å²) in [5.74, 6) is 2.54. The molecule has 1 unspecified atom stereocenters. The van der Waals surface area contributed by atoms with Gasteiger partial charge in [-0.2, -0.15) is 11.8 Å². The van der Waals surface area contributed by atoms with E-state index in [1.165, 1.54) is 25.0 Å². The molecular formula is C17H20N4O2S. The lowest BCUT2D eigenvalue weighted by molar-refractivity contribution is -0.384. The molecule has 0 saturated carbocycles. The van der Waals surface area contributed by atoms with E-state index in [0.717, 1.165) is 23.8 Å². The van der Waals surface area contributed by atoms with Gasteiger partial charge in [-0.15, -0.1) is 0 Å². The lowest BCUT2D eigenvalue weighted by Gasteiger charge is -2.25. The molecule has 0 radical (unpaired) electrons. The van der Waals surface area contributed by atoms with E-state index in [1.54, 1.807) is 6.07 Å². The summed E-state index contributed by atoms with van der Waals surface area (Å²) in [4.78, 5) is 22.1. The number of hydrogen-bond acceptors (Lipinski definition) is 6. The van der Waals surface area contributed by atoms with E-state index in [9.17, 15) is 10.1 Å². The maximum Gasteiger partial charge on any atom is 0.270 e. The number of rotatable bonds is 5. The smallest absolute Gasteiger partial charge is 0.270 e. The van der Waals surface area contributed by atoms with Crippen LogP contribution in [0.3, 0.4) is 0 Å². The number of benzene rings is 1. The molecule has 0 aliphatic carbocycles. The maximum absolute atomic E-state index is 11.0. The van der Waals surface area contributed by atoms with Crippen molar-refractivity contribution in [2.75, 3.05) is 23.5 Å². The highest BCUT2D eigenvalue weighted by molar-refractivity contribution is 7.98. The lowest BCUT2D eigenvalue weighted by Crippen LogP contribution is -2.32. The standard InChI is InChI=1S/C17H20N4O2S/c1-12-9-16(20-8-4-7-15(20)11-24-2)19-17(18-12)13-5-3-6-14(10-13)21(22)23/h3,5-6,9-10,15H,4,7-8,11H2,1-2H3. The first kappa shape index (κ1) is 16.7. The predicted octanol–water partition coefficient (Wildman–Crippen LogP) is 3.69. The van der Waals surface area contributed by atoms with Crippen molar-refractivity contribution in [3.8, 4) is 11.4 Å². The van der Waals surface area contributed by atoms with Gasteiger partial charge in [0.25, 0.3) is 5.69 Å². The van der Waals surface area contributed by atoms with Crippen molar-refractivity contribution in [1.29, 1.82) is 0 Å². The van der Waals surface area contributed by atoms with E-state index in [-0.39, 0.29) is 5.69 Å². The van der Waals surface area contributed by atoms with Gasteiger partial charge in [0.1, 0.15) is 5.82 Å². The molecule has 1 fully saturated rings. The molecule has 2 aromatic rings. The van der Waals surface area contributed by atoms with Gasteiger partial charge in [-0.25, -0.2) is 9.97 Å². The van der Waals surface area contributed by atoms with Crippen LogP contribution in [0.5, 0.6) is 0 Å². The van der Waals surface area contributed by atoms with Crippen LogP contribution < -0.4 is 4.90 Å². The van der Waals surface area contributed by atoms with Crippen molar-refractivity contribution >= 4 is 23.3 Å². The molecule has 0 bridgehead atoms. The fourth-order valence-corrected chi connectivity index (χ4v) is 3.82. The van der Waals surface area contributed by atoms with Crippen molar-refractivity contribution in [2.45, 2.75) is 25.8 Å². The van der Waals surface area contributed by atoms with Gasteiger partial charge < -0.3 is 4.90 Å². The minimum Gasteiger partial charge on any atom is -0.353 e. The van der Waals surface area contributed by atoms with Crippen molar-refractivity contribution in [3.05, 3.63) is 46.1 Å². The Labute approximate surface area is 145 Å². The third kappa shape index (κ3) is 3.51. The van der Waals surface area contributed by atoms with E-state index >= 15 is 0 Å². The van der Waals surface area contributed by atoms with E-state index < -0.39 is 4.92 Å². The minimum absolute atomic E-state index is 0.0561. The van der Waals surface area contributed by atoms with Gasteiger partial charge in [-0.3, -0.25) is 10.1 Å². The van der Waals surface area contributed by atoms with E-state index in [1.807, 2.05) is 30.8 Å². The summed E-state index contributed by atoms with van der Waals surface area (Å²) in [6.45, 7) is 2.93. The normalized spacial score (nSPS) is 17.2. The number of thioether (sulfide) groups is 1. The fraction of sp³-hybridized carbons (Fsp3) is 0.412.